The Bertz CT molecular complexity index is 321. The molecule has 0 aromatic heterocycles. The molecule has 0 aliphatic rings. The number of aliphatic hydroxyl groups is 1. The monoisotopic (exact) mass is 258 g/mol. The lowest BCUT2D eigenvalue weighted by molar-refractivity contribution is -0.172. The van der Waals surface area contributed by atoms with Gasteiger partial charge in [0.05, 0.1) is 20.1 Å². The normalized spacial score (nSPS) is 14.8. The van der Waals surface area contributed by atoms with Gasteiger partial charge in [0.2, 0.25) is 0 Å². The van der Waals surface area contributed by atoms with Crippen LogP contribution in [0.2, 0.25) is 0 Å². The van der Waals surface area contributed by atoms with Gasteiger partial charge in [-0.05, 0) is 33.6 Å². The van der Waals surface area contributed by atoms with Crippen molar-refractivity contribution in [2.45, 2.75) is 45.6 Å². The number of rotatable bonds is 7. The zero-order valence-electron chi connectivity index (χ0n) is 11.5. The lowest BCUT2D eigenvalue weighted by Gasteiger charge is -2.24. The highest BCUT2D eigenvalue weighted by Crippen LogP contribution is 2.23. The van der Waals surface area contributed by atoms with Crippen LogP contribution < -0.4 is 0 Å². The van der Waals surface area contributed by atoms with E-state index in [1.165, 1.54) is 7.11 Å². The van der Waals surface area contributed by atoms with E-state index < -0.39 is 17.5 Å². The van der Waals surface area contributed by atoms with Crippen molar-refractivity contribution in [1.29, 1.82) is 0 Å². The molecular formula is C13H22O5. The molecule has 0 aromatic rings. The van der Waals surface area contributed by atoms with Gasteiger partial charge in [0.15, 0.2) is 5.60 Å². The van der Waals surface area contributed by atoms with Crippen LogP contribution in [-0.2, 0) is 19.1 Å². The zero-order chi connectivity index (χ0) is 14.2. The number of carbonyl (C=O) groups is 2. The third kappa shape index (κ3) is 5.31. The Balaban J connectivity index is 4.79. The Hall–Kier alpha value is -1.36. The van der Waals surface area contributed by atoms with E-state index in [1.54, 1.807) is 6.92 Å². The Kier molecular flexibility index (Phi) is 7.27. The van der Waals surface area contributed by atoms with Crippen molar-refractivity contribution in [1.82, 2.24) is 0 Å². The molecule has 18 heavy (non-hydrogen) atoms. The predicted molar refractivity (Wildman–Crippen MR) is 66.9 cm³/mol. The average Bonchev–Trinajstić information content (AvgIpc) is 2.35. The molecule has 0 saturated carbocycles. The van der Waals surface area contributed by atoms with Crippen molar-refractivity contribution in [3.05, 3.63) is 11.6 Å². The fraction of sp³-hybridized carbons (Fsp3) is 0.692. The Morgan fingerprint density at radius 3 is 2.44 bits per heavy atom. The topological polar surface area (TPSA) is 72.8 Å². The van der Waals surface area contributed by atoms with Gasteiger partial charge < -0.3 is 14.6 Å². The first-order chi connectivity index (χ1) is 8.39. The molecule has 0 aromatic carbocycles. The minimum atomic E-state index is -1.81. The Morgan fingerprint density at radius 2 is 2.00 bits per heavy atom. The highest BCUT2D eigenvalue weighted by atomic mass is 16.6. The van der Waals surface area contributed by atoms with E-state index in [9.17, 15) is 14.7 Å². The highest BCUT2D eigenvalue weighted by molar-refractivity contribution is 5.85. The van der Waals surface area contributed by atoms with E-state index in [0.717, 1.165) is 5.57 Å². The molecule has 0 bridgehead atoms. The molecule has 0 fully saturated rings. The van der Waals surface area contributed by atoms with Crippen LogP contribution in [0.1, 0.15) is 40.0 Å². The highest BCUT2D eigenvalue weighted by Gasteiger charge is 2.39. The fourth-order valence-electron chi connectivity index (χ4n) is 1.39. The molecule has 1 N–H and O–H groups in total. The quantitative estimate of drug-likeness (QED) is 0.554. The third-order valence-corrected chi connectivity index (χ3v) is 2.75. The lowest BCUT2D eigenvalue weighted by Crippen LogP contribution is -2.42. The van der Waals surface area contributed by atoms with Crippen LogP contribution >= 0.6 is 0 Å². The van der Waals surface area contributed by atoms with Gasteiger partial charge in [-0.25, -0.2) is 4.79 Å². The van der Waals surface area contributed by atoms with Gasteiger partial charge in [0, 0.05) is 0 Å². The minimum absolute atomic E-state index is 0.136. The summed E-state index contributed by atoms with van der Waals surface area (Å²) in [4.78, 5) is 23.0. The largest absolute Gasteiger partial charge is 0.469 e. The molecular weight excluding hydrogens is 236 g/mol. The Morgan fingerprint density at radius 1 is 1.39 bits per heavy atom. The number of hydrogen-bond donors (Lipinski definition) is 1. The first-order valence-corrected chi connectivity index (χ1v) is 5.97. The van der Waals surface area contributed by atoms with E-state index in [1.807, 2.05) is 19.9 Å². The van der Waals surface area contributed by atoms with Crippen molar-refractivity contribution in [2.75, 3.05) is 13.7 Å². The number of methoxy groups -OCH3 is 1. The van der Waals surface area contributed by atoms with Crippen molar-refractivity contribution < 1.29 is 24.2 Å². The second-order valence-electron chi connectivity index (χ2n) is 4.14. The number of esters is 2. The molecule has 0 radical (unpaired) electrons. The van der Waals surface area contributed by atoms with Crippen LogP contribution in [0.4, 0.5) is 0 Å². The van der Waals surface area contributed by atoms with E-state index in [-0.39, 0.29) is 19.4 Å². The number of ether oxygens (including phenoxy) is 2. The van der Waals surface area contributed by atoms with Crippen LogP contribution in [0.3, 0.4) is 0 Å². The fourth-order valence-corrected chi connectivity index (χ4v) is 1.39. The number of allylic oxidation sites excluding steroid dienone is 2. The second-order valence-corrected chi connectivity index (χ2v) is 4.14. The minimum Gasteiger partial charge on any atom is -0.469 e. The van der Waals surface area contributed by atoms with Gasteiger partial charge in [-0.2, -0.15) is 0 Å². The summed E-state index contributed by atoms with van der Waals surface area (Å²) in [5, 5.41) is 10.3. The summed E-state index contributed by atoms with van der Waals surface area (Å²) in [5.41, 5.74) is -0.782. The lowest BCUT2D eigenvalue weighted by atomic mass is 9.92. The van der Waals surface area contributed by atoms with Gasteiger partial charge in [-0.15, -0.1) is 0 Å². The number of carbonyl (C=O) groups excluding carboxylic acids is 2. The molecule has 104 valence electrons. The molecule has 0 saturated heterocycles. The first-order valence-electron chi connectivity index (χ1n) is 5.97. The summed E-state index contributed by atoms with van der Waals surface area (Å²) in [7, 11) is 1.21. The van der Waals surface area contributed by atoms with Gasteiger partial charge in [0.25, 0.3) is 0 Å². The summed E-state index contributed by atoms with van der Waals surface area (Å²) in [6.45, 7) is 5.57. The average molecular weight is 258 g/mol. The Labute approximate surface area is 108 Å². The maximum atomic E-state index is 11.7. The number of hydrogen-bond acceptors (Lipinski definition) is 5. The van der Waals surface area contributed by atoms with E-state index in [2.05, 4.69) is 4.74 Å². The standard InChI is InChI=1S/C13H22O5/c1-5-10(3)7-8-13(16,9-11(14)17-4)12(15)18-6-2/h5,16H,6-9H2,1-4H3. The van der Waals surface area contributed by atoms with Crippen LogP contribution in [-0.4, -0.2) is 36.4 Å². The molecule has 5 heteroatoms. The van der Waals surface area contributed by atoms with E-state index >= 15 is 0 Å². The van der Waals surface area contributed by atoms with E-state index in [0.29, 0.717) is 6.42 Å². The third-order valence-electron chi connectivity index (χ3n) is 2.75. The van der Waals surface area contributed by atoms with Crippen LogP contribution in [0, 0.1) is 0 Å². The predicted octanol–water partition coefficient (Wildman–Crippen LogP) is 1.59. The summed E-state index contributed by atoms with van der Waals surface area (Å²) in [6, 6.07) is 0. The maximum absolute atomic E-state index is 11.7. The van der Waals surface area contributed by atoms with Crippen molar-refractivity contribution in [3.8, 4) is 0 Å². The molecule has 0 amide bonds. The SMILES string of the molecule is CC=C(C)CCC(O)(CC(=O)OC)C(=O)OCC. The molecule has 0 aliphatic heterocycles. The summed E-state index contributed by atoms with van der Waals surface area (Å²) in [6.07, 6.45) is 2.16. The summed E-state index contributed by atoms with van der Waals surface area (Å²) < 4.78 is 9.29. The van der Waals surface area contributed by atoms with Gasteiger partial charge in [0.1, 0.15) is 0 Å². The van der Waals surface area contributed by atoms with Gasteiger partial charge in [-0.1, -0.05) is 11.6 Å². The molecule has 1 atom stereocenters. The van der Waals surface area contributed by atoms with Crippen molar-refractivity contribution in [3.63, 3.8) is 0 Å². The molecule has 0 heterocycles. The molecule has 0 rings (SSSR count). The maximum Gasteiger partial charge on any atom is 0.338 e. The molecule has 0 aliphatic carbocycles. The van der Waals surface area contributed by atoms with E-state index in [4.69, 9.17) is 4.74 Å². The second kappa shape index (κ2) is 7.87. The van der Waals surface area contributed by atoms with Crippen LogP contribution in [0.15, 0.2) is 11.6 Å². The van der Waals surface area contributed by atoms with Crippen molar-refractivity contribution in [2.24, 2.45) is 0 Å². The van der Waals surface area contributed by atoms with Crippen LogP contribution in [0.5, 0.6) is 0 Å². The summed E-state index contributed by atoms with van der Waals surface area (Å²) >= 11 is 0. The zero-order valence-corrected chi connectivity index (χ0v) is 11.5. The van der Waals surface area contributed by atoms with Gasteiger partial charge >= 0.3 is 11.9 Å². The molecule has 0 spiro atoms. The van der Waals surface area contributed by atoms with Gasteiger partial charge in [-0.3, -0.25) is 4.79 Å². The first kappa shape index (κ1) is 16.6. The van der Waals surface area contributed by atoms with Crippen LogP contribution in [0.25, 0.3) is 0 Å². The summed E-state index contributed by atoms with van der Waals surface area (Å²) in [5.74, 6) is -1.41. The molecule has 5 nitrogen and oxygen atoms in total. The molecule has 1 unspecified atom stereocenters. The smallest absolute Gasteiger partial charge is 0.338 e. The van der Waals surface area contributed by atoms with Crippen molar-refractivity contribution >= 4 is 11.9 Å².